The summed E-state index contributed by atoms with van der Waals surface area (Å²) in [6.45, 7) is 9.93. The number of hydrogen-bond donors (Lipinski definition) is 1. The van der Waals surface area contributed by atoms with Crippen LogP contribution < -0.4 is 4.90 Å². The SMILES string of the molecule is CCN(CC(C)C)c1ccc(C)cc1C(=O)O. The summed E-state index contributed by atoms with van der Waals surface area (Å²) in [4.78, 5) is 13.4. The van der Waals surface area contributed by atoms with Gasteiger partial charge in [-0.05, 0) is 31.9 Å². The highest BCUT2D eigenvalue weighted by Crippen LogP contribution is 2.23. The van der Waals surface area contributed by atoms with Crippen molar-refractivity contribution >= 4 is 11.7 Å². The van der Waals surface area contributed by atoms with E-state index in [4.69, 9.17) is 0 Å². The number of carbonyl (C=O) groups is 1. The van der Waals surface area contributed by atoms with Crippen LogP contribution >= 0.6 is 0 Å². The van der Waals surface area contributed by atoms with Gasteiger partial charge in [0.1, 0.15) is 0 Å². The van der Waals surface area contributed by atoms with Crippen LogP contribution in [0.4, 0.5) is 5.69 Å². The summed E-state index contributed by atoms with van der Waals surface area (Å²) in [5, 5.41) is 9.24. The van der Waals surface area contributed by atoms with Crippen LogP contribution in [0, 0.1) is 12.8 Å². The molecule has 17 heavy (non-hydrogen) atoms. The third kappa shape index (κ3) is 3.48. The molecule has 1 aromatic carbocycles. The molecule has 3 heteroatoms. The first-order valence-electron chi connectivity index (χ1n) is 6.04. The monoisotopic (exact) mass is 235 g/mol. The van der Waals surface area contributed by atoms with Gasteiger partial charge in [-0.1, -0.05) is 25.5 Å². The summed E-state index contributed by atoms with van der Waals surface area (Å²) in [6, 6.07) is 5.61. The van der Waals surface area contributed by atoms with E-state index in [1.165, 1.54) is 0 Å². The molecule has 0 heterocycles. The van der Waals surface area contributed by atoms with Gasteiger partial charge in [0.05, 0.1) is 11.3 Å². The van der Waals surface area contributed by atoms with Crippen molar-refractivity contribution in [1.82, 2.24) is 0 Å². The van der Waals surface area contributed by atoms with Gasteiger partial charge in [0.2, 0.25) is 0 Å². The summed E-state index contributed by atoms with van der Waals surface area (Å²) in [5.41, 5.74) is 2.19. The van der Waals surface area contributed by atoms with E-state index in [1.807, 2.05) is 26.0 Å². The maximum Gasteiger partial charge on any atom is 0.337 e. The summed E-state index contributed by atoms with van der Waals surface area (Å²) >= 11 is 0. The number of carboxylic acid groups (broad SMARTS) is 1. The molecule has 1 N–H and O–H groups in total. The van der Waals surface area contributed by atoms with Crippen LogP contribution in [-0.4, -0.2) is 24.2 Å². The average molecular weight is 235 g/mol. The molecule has 1 rings (SSSR count). The highest BCUT2D eigenvalue weighted by atomic mass is 16.4. The second-order valence-electron chi connectivity index (χ2n) is 4.76. The van der Waals surface area contributed by atoms with E-state index in [0.717, 1.165) is 24.3 Å². The number of aryl methyl sites for hydroxylation is 1. The molecule has 0 aliphatic rings. The zero-order valence-electron chi connectivity index (χ0n) is 11.0. The smallest absolute Gasteiger partial charge is 0.337 e. The van der Waals surface area contributed by atoms with E-state index in [1.54, 1.807) is 6.07 Å². The third-order valence-corrected chi connectivity index (χ3v) is 2.69. The van der Waals surface area contributed by atoms with Crippen molar-refractivity contribution in [2.75, 3.05) is 18.0 Å². The van der Waals surface area contributed by atoms with Crippen molar-refractivity contribution in [2.24, 2.45) is 5.92 Å². The second-order valence-corrected chi connectivity index (χ2v) is 4.76. The quantitative estimate of drug-likeness (QED) is 0.852. The fourth-order valence-corrected chi connectivity index (χ4v) is 1.94. The van der Waals surface area contributed by atoms with Crippen LogP contribution in [0.1, 0.15) is 36.7 Å². The first kappa shape index (κ1) is 13.6. The van der Waals surface area contributed by atoms with Gasteiger partial charge in [0.15, 0.2) is 0 Å². The Bertz CT molecular complexity index is 399. The largest absolute Gasteiger partial charge is 0.478 e. The molecule has 0 saturated heterocycles. The number of hydrogen-bond acceptors (Lipinski definition) is 2. The fourth-order valence-electron chi connectivity index (χ4n) is 1.94. The van der Waals surface area contributed by atoms with Crippen LogP contribution in [0.2, 0.25) is 0 Å². The van der Waals surface area contributed by atoms with E-state index >= 15 is 0 Å². The zero-order valence-corrected chi connectivity index (χ0v) is 11.0. The fraction of sp³-hybridized carbons (Fsp3) is 0.500. The van der Waals surface area contributed by atoms with Crippen molar-refractivity contribution < 1.29 is 9.90 Å². The minimum atomic E-state index is -0.856. The Balaban J connectivity index is 3.14. The molecule has 0 fully saturated rings. The topological polar surface area (TPSA) is 40.5 Å². The maximum atomic E-state index is 11.3. The van der Waals surface area contributed by atoms with Crippen LogP contribution in [-0.2, 0) is 0 Å². The van der Waals surface area contributed by atoms with Gasteiger partial charge in [0.25, 0.3) is 0 Å². The van der Waals surface area contributed by atoms with Crippen molar-refractivity contribution in [2.45, 2.75) is 27.7 Å². The van der Waals surface area contributed by atoms with E-state index in [2.05, 4.69) is 18.7 Å². The molecule has 0 unspecified atom stereocenters. The van der Waals surface area contributed by atoms with Gasteiger partial charge in [-0.2, -0.15) is 0 Å². The van der Waals surface area contributed by atoms with Gasteiger partial charge in [-0.25, -0.2) is 4.79 Å². The van der Waals surface area contributed by atoms with E-state index in [0.29, 0.717) is 11.5 Å². The molecule has 0 aliphatic heterocycles. The maximum absolute atomic E-state index is 11.3. The molecule has 0 atom stereocenters. The lowest BCUT2D eigenvalue weighted by Crippen LogP contribution is -2.28. The van der Waals surface area contributed by atoms with Crippen LogP contribution in [0.15, 0.2) is 18.2 Å². The van der Waals surface area contributed by atoms with Crippen molar-refractivity contribution in [1.29, 1.82) is 0 Å². The molecule has 0 aromatic heterocycles. The first-order valence-corrected chi connectivity index (χ1v) is 6.04. The molecular formula is C14H21NO2. The Morgan fingerprint density at radius 1 is 1.41 bits per heavy atom. The molecular weight excluding hydrogens is 214 g/mol. The van der Waals surface area contributed by atoms with Crippen LogP contribution in [0.3, 0.4) is 0 Å². The number of anilines is 1. The number of carboxylic acids is 1. The van der Waals surface area contributed by atoms with Gasteiger partial charge in [0, 0.05) is 13.1 Å². The number of benzene rings is 1. The third-order valence-electron chi connectivity index (χ3n) is 2.69. The standard InChI is InChI=1S/C14H21NO2/c1-5-15(9-10(2)3)13-7-6-11(4)8-12(13)14(16)17/h6-8,10H,5,9H2,1-4H3,(H,16,17). The molecule has 0 saturated carbocycles. The molecule has 0 aliphatic carbocycles. The number of nitrogens with zero attached hydrogens (tertiary/aromatic N) is 1. The van der Waals surface area contributed by atoms with Gasteiger partial charge >= 0.3 is 5.97 Å². The average Bonchev–Trinajstić information content (AvgIpc) is 2.25. The van der Waals surface area contributed by atoms with Gasteiger partial charge in [-0.3, -0.25) is 0 Å². The summed E-state index contributed by atoms with van der Waals surface area (Å²) in [7, 11) is 0. The Labute approximate surface area is 103 Å². The molecule has 3 nitrogen and oxygen atoms in total. The first-order chi connectivity index (χ1) is 7.95. The molecule has 0 bridgehead atoms. The van der Waals surface area contributed by atoms with Crippen molar-refractivity contribution in [3.63, 3.8) is 0 Å². The highest BCUT2D eigenvalue weighted by molar-refractivity contribution is 5.94. The molecule has 94 valence electrons. The van der Waals surface area contributed by atoms with Gasteiger partial charge in [-0.15, -0.1) is 0 Å². The van der Waals surface area contributed by atoms with E-state index in [-0.39, 0.29) is 0 Å². The predicted molar refractivity (Wildman–Crippen MR) is 70.9 cm³/mol. The Morgan fingerprint density at radius 2 is 2.06 bits per heavy atom. The predicted octanol–water partition coefficient (Wildman–Crippen LogP) is 3.18. The van der Waals surface area contributed by atoms with E-state index in [9.17, 15) is 9.90 Å². The normalized spacial score (nSPS) is 10.6. The molecule has 0 radical (unpaired) electrons. The number of rotatable bonds is 5. The number of aromatic carboxylic acids is 1. The van der Waals surface area contributed by atoms with Crippen molar-refractivity contribution in [3.8, 4) is 0 Å². The van der Waals surface area contributed by atoms with Crippen LogP contribution in [0.5, 0.6) is 0 Å². The highest BCUT2D eigenvalue weighted by Gasteiger charge is 2.15. The van der Waals surface area contributed by atoms with Crippen molar-refractivity contribution in [3.05, 3.63) is 29.3 Å². The van der Waals surface area contributed by atoms with Gasteiger partial charge < -0.3 is 10.0 Å². The Morgan fingerprint density at radius 3 is 2.53 bits per heavy atom. The van der Waals surface area contributed by atoms with E-state index < -0.39 is 5.97 Å². The lowest BCUT2D eigenvalue weighted by molar-refractivity contribution is 0.0697. The summed E-state index contributed by atoms with van der Waals surface area (Å²) in [5.74, 6) is -0.344. The molecule has 1 aromatic rings. The van der Waals surface area contributed by atoms with Crippen LogP contribution in [0.25, 0.3) is 0 Å². The zero-order chi connectivity index (χ0) is 13.0. The lowest BCUT2D eigenvalue weighted by Gasteiger charge is -2.26. The summed E-state index contributed by atoms with van der Waals surface area (Å²) in [6.07, 6.45) is 0. The minimum absolute atomic E-state index is 0.396. The minimum Gasteiger partial charge on any atom is -0.478 e. The molecule has 0 amide bonds. The summed E-state index contributed by atoms with van der Waals surface area (Å²) < 4.78 is 0. The lowest BCUT2D eigenvalue weighted by atomic mass is 10.1. The molecule has 0 spiro atoms. The second kappa shape index (κ2) is 5.71. The Kier molecular flexibility index (Phi) is 4.55. The Hall–Kier alpha value is -1.51.